The van der Waals surface area contributed by atoms with Crippen LogP contribution in [0.3, 0.4) is 0 Å². The van der Waals surface area contributed by atoms with E-state index in [1.165, 1.54) is 0 Å². The van der Waals surface area contributed by atoms with Crippen molar-refractivity contribution in [2.45, 2.75) is 26.7 Å². The highest BCUT2D eigenvalue weighted by Crippen LogP contribution is 2.36. The molecular formula is C12H14ClNO. The summed E-state index contributed by atoms with van der Waals surface area (Å²) in [6.45, 7) is 5.71. The Bertz CT molecular complexity index is 421. The van der Waals surface area contributed by atoms with Gasteiger partial charge < -0.3 is 4.74 Å². The molecule has 0 N–H and O–H groups in total. The Morgan fingerprint density at radius 3 is 2.53 bits per heavy atom. The molecule has 1 atom stereocenters. The lowest BCUT2D eigenvalue weighted by molar-refractivity contribution is 0.411. The Labute approximate surface area is 95.4 Å². The van der Waals surface area contributed by atoms with Crippen molar-refractivity contribution in [2.24, 2.45) is 0 Å². The number of hydrogen-bond acceptors (Lipinski definition) is 2. The molecule has 15 heavy (non-hydrogen) atoms. The van der Waals surface area contributed by atoms with Gasteiger partial charge in [-0.05, 0) is 37.5 Å². The van der Waals surface area contributed by atoms with Crippen molar-refractivity contribution >= 4 is 11.6 Å². The van der Waals surface area contributed by atoms with E-state index in [2.05, 4.69) is 6.07 Å². The van der Waals surface area contributed by atoms with Crippen LogP contribution in [0.1, 0.15) is 29.5 Å². The first-order valence-corrected chi connectivity index (χ1v) is 5.13. The topological polar surface area (TPSA) is 33.0 Å². The van der Waals surface area contributed by atoms with E-state index >= 15 is 0 Å². The number of benzene rings is 1. The molecule has 80 valence electrons. The molecule has 1 unspecified atom stereocenters. The van der Waals surface area contributed by atoms with Crippen molar-refractivity contribution in [1.82, 2.24) is 0 Å². The van der Waals surface area contributed by atoms with Crippen LogP contribution in [-0.4, -0.2) is 7.11 Å². The third-order valence-corrected chi connectivity index (χ3v) is 3.03. The molecule has 0 aliphatic rings. The summed E-state index contributed by atoms with van der Waals surface area (Å²) in [5, 5.41) is 9.54. The second-order valence-electron chi connectivity index (χ2n) is 3.61. The predicted octanol–water partition coefficient (Wildman–Crippen LogP) is 3.59. The molecule has 0 saturated carbocycles. The van der Waals surface area contributed by atoms with Gasteiger partial charge >= 0.3 is 0 Å². The zero-order valence-electron chi connectivity index (χ0n) is 9.39. The first-order valence-electron chi connectivity index (χ1n) is 4.76. The van der Waals surface area contributed by atoms with Crippen LogP contribution in [-0.2, 0) is 0 Å². The molecule has 0 bridgehead atoms. The molecule has 0 amide bonds. The molecule has 1 aromatic carbocycles. The maximum absolute atomic E-state index is 8.91. The summed E-state index contributed by atoms with van der Waals surface area (Å²) in [4.78, 5) is 0. The van der Waals surface area contributed by atoms with E-state index in [0.717, 1.165) is 16.7 Å². The SMILES string of the molecule is COc1c(C)c(C(C)C#N)cc(C)c1Cl. The highest BCUT2D eigenvalue weighted by Gasteiger charge is 2.16. The normalized spacial score (nSPS) is 12.0. The van der Waals surface area contributed by atoms with Crippen LogP contribution >= 0.6 is 11.6 Å². The van der Waals surface area contributed by atoms with Crippen molar-refractivity contribution in [3.05, 3.63) is 27.8 Å². The van der Waals surface area contributed by atoms with Gasteiger partial charge in [0.05, 0.1) is 24.1 Å². The van der Waals surface area contributed by atoms with Crippen molar-refractivity contribution in [3.63, 3.8) is 0 Å². The maximum Gasteiger partial charge on any atom is 0.140 e. The number of methoxy groups -OCH3 is 1. The smallest absolute Gasteiger partial charge is 0.140 e. The Balaban J connectivity index is 3.45. The lowest BCUT2D eigenvalue weighted by atomic mass is 9.95. The quantitative estimate of drug-likeness (QED) is 0.768. The Hall–Kier alpha value is -1.20. The monoisotopic (exact) mass is 223 g/mol. The fraction of sp³-hybridized carbons (Fsp3) is 0.417. The van der Waals surface area contributed by atoms with E-state index in [0.29, 0.717) is 10.8 Å². The molecule has 1 aromatic rings. The minimum atomic E-state index is -0.144. The zero-order chi connectivity index (χ0) is 11.6. The van der Waals surface area contributed by atoms with Crippen molar-refractivity contribution in [1.29, 1.82) is 5.26 Å². The van der Waals surface area contributed by atoms with Crippen LogP contribution in [0.5, 0.6) is 5.75 Å². The number of hydrogen-bond donors (Lipinski definition) is 0. The summed E-state index contributed by atoms with van der Waals surface area (Å²) < 4.78 is 5.25. The van der Waals surface area contributed by atoms with E-state index in [9.17, 15) is 0 Å². The van der Waals surface area contributed by atoms with Crippen LogP contribution < -0.4 is 4.74 Å². The van der Waals surface area contributed by atoms with Gasteiger partial charge in [-0.25, -0.2) is 0 Å². The molecule has 1 rings (SSSR count). The van der Waals surface area contributed by atoms with Gasteiger partial charge in [0.15, 0.2) is 0 Å². The molecule has 0 radical (unpaired) electrons. The van der Waals surface area contributed by atoms with Crippen LogP contribution in [0.15, 0.2) is 6.07 Å². The molecule has 0 spiro atoms. The van der Waals surface area contributed by atoms with Crippen molar-refractivity contribution in [3.8, 4) is 11.8 Å². The van der Waals surface area contributed by atoms with Gasteiger partial charge in [-0.15, -0.1) is 0 Å². The molecule has 0 fully saturated rings. The van der Waals surface area contributed by atoms with Gasteiger partial charge in [0.1, 0.15) is 5.75 Å². The fourth-order valence-electron chi connectivity index (χ4n) is 1.64. The maximum atomic E-state index is 8.91. The third kappa shape index (κ3) is 2.08. The van der Waals surface area contributed by atoms with Gasteiger partial charge in [0.25, 0.3) is 0 Å². The van der Waals surface area contributed by atoms with Crippen LogP contribution in [0.25, 0.3) is 0 Å². The van der Waals surface area contributed by atoms with Crippen molar-refractivity contribution in [2.75, 3.05) is 7.11 Å². The molecular weight excluding hydrogens is 210 g/mol. The minimum Gasteiger partial charge on any atom is -0.495 e. The zero-order valence-corrected chi connectivity index (χ0v) is 10.1. The summed E-state index contributed by atoms with van der Waals surface area (Å²) in [6, 6.07) is 4.17. The average molecular weight is 224 g/mol. The summed E-state index contributed by atoms with van der Waals surface area (Å²) in [7, 11) is 1.59. The lowest BCUT2D eigenvalue weighted by Crippen LogP contribution is -1.99. The lowest BCUT2D eigenvalue weighted by Gasteiger charge is -2.15. The fourth-order valence-corrected chi connectivity index (χ4v) is 1.92. The second kappa shape index (κ2) is 4.55. The Morgan fingerprint density at radius 2 is 2.07 bits per heavy atom. The number of nitriles is 1. The molecule has 2 nitrogen and oxygen atoms in total. The van der Waals surface area contributed by atoms with E-state index in [1.807, 2.05) is 26.8 Å². The van der Waals surface area contributed by atoms with Crippen molar-refractivity contribution < 1.29 is 4.74 Å². The molecule has 0 aliphatic heterocycles. The average Bonchev–Trinajstić information content (AvgIpc) is 2.23. The summed E-state index contributed by atoms with van der Waals surface area (Å²) in [5.74, 6) is 0.531. The number of ether oxygens (including phenoxy) is 1. The minimum absolute atomic E-state index is 0.144. The summed E-state index contributed by atoms with van der Waals surface area (Å²) in [6.07, 6.45) is 0. The standard InChI is InChI=1S/C12H14ClNO/c1-7-5-10(8(2)6-14)9(3)12(15-4)11(7)13/h5,8H,1-4H3. The van der Waals surface area contributed by atoms with Crippen LogP contribution in [0.2, 0.25) is 5.02 Å². The summed E-state index contributed by atoms with van der Waals surface area (Å²) >= 11 is 6.11. The number of aryl methyl sites for hydroxylation is 1. The number of halogens is 1. The Kier molecular flexibility index (Phi) is 3.60. The summed E-state index contributed by atoms with van der Waals surface area (Å²) in [5.41, 5.74) is 2.87. The van der Waals surface area contributed by atoms with Gasteiger partial charge in [0.2, 0.25) is 0 Å². The molecule has 0 aromatic heterocycles. The van der Waals surface area contributed by atoms with E-state index in [4.69, 9.17) is 21.6 Å². The van der Waals surface area contributed by atoms with Gasteiger partial charge in [-0.1, -0.05) is 17.7 Å². The largest absolute Gasteiger partial charge is 0.495 e. The van der Waals surface area contributed by atoms with E-state index < -0.39 is 0 Å². The highest BCUT2D eigenvalue weighted by atomic mass is 35.5. The number of nitrogens with zero attached hydrogens (tertiary/aromatic N) is 1. The first kappa shape index (κ1) is 11.9. The molecule has 3 heteroatoms. The highest BCUT2D eigenvalue weighted by molar-refractivity contribution is 6.33. The molecule has 0 aliphatic carbocycles. The van der Waals surface area contributed by atoms with Crippen LogP contribution in [0.4, 0.5) is 0 Å². The number of rotatable bonds is 2. The second-order valence-corrected chi connectivity index (χ2v) is 3.98. The van der Waals surface area contributed by atoms with E-state index in [-0.39, 0.29) is 5.92 Å². The Morgan fingerprint density at radius 1 is 1.47 bits per heavy atom. The predicted molar refractivity (Wildman–Crippen MR) is 61.5 cm³/mol. The van der Waals surface area contributed by atoms with Gasteiger partial charge in [-0.3, -0.25) is 0 Å². The molecule has 0 saturated heterocycles. The van der Waals surface area contributed by atoms with Crippen LogP contribution in [0, 0.1) is 25.2 Å². The van der Waals surface area contributed by atoms with E-state index in [1.54, 1.807) is 7.11 Å². The van der Waals surface area contributed by atoms with Gasteiger partial charge in [-0.2, -0.15) is 5.26 Å². The first-order chi connectivity index (χ1) is 7.02. The molecule has 0 heterocycles. The van der Waals surface area contributed by atoms with Gasteiger partial charge in [0, 0.05) is 0 Å². The third-order valence-electron chi connectivity index (χ3n) is 2.56.